The quantitative estimate of drug-likeness (QED) is 0.780. The average Bonchev–Trinajstić information content (AvgIpc) is 2.83. The van der Waals surface area contributed by atoms with E-state index in [1.807, 2.05) is 13.8 Å². The topological polar surface area (TPSA) is 59.5 Å². The van der Waals surface area contributed by atoms with Crippen LogP contribution in [0, 0.1) is 0 Å². The van der Waals surface area contributed by atoms with Crippen LogP contribution in [-0.4, -0.2) is 30.8 Å². The predicted octanol–water partition coefficient (Wildman–Crippen LogP) is 3.73. The van der Waals surface area contributed by atoms with Gasteiger partial charge in [-0.25, -0.2) is 13.4 Å². The Balaban J connectivity index is 2.19. The SMILES string of the molecule is CC(C)N(C)S(=O)(=O)c1ccc(Oc2ncc(Br)s2)cc1. The van der Waals surface area contributed by atoms with Gasteiger partial charge in [-0.05, 0) is 54.0 Å². The summed E-state index contributed by atoms with van der Waals surface area (Å²) in [6.07, 6.45) is 1.65. The van der Waals surface area contributed by atoms with E-state index in [9.17, 15) is 8.42 Å². The van der Waals surface area contributed by atoms with E-state index in [2.05, 4.69) is 20.9 Å². The second-order valence-corrected chi connectivity index (χ2v) is 8.99. The van der Waals surface area contributed by atoms with Crippen LogP contribution in [-0.2, 0) is 10.0 Å². The minimum Gasteiger partial charge on any atom is -0.431 e. The van der Waals surface area contributed by atoms with Gasteiger partial charge in [0.15, 0.2) is 0 Å². The van der Waals surface area contributed by atoms with Crippen LogP contribution in [0.3, 0.4) is 0 Å². The number of thiazole rings is 1. The lowest BCUT2D eigenvalue weighted by molar-refractivity contribution is 0.410. The largest absolute Gasteiger partial charge is 0.431 e. The predicted molar refractivity (Wildman–Crippen MR) is 86.4 cm³/mol. The van der Waals surface area contributed by atoms with Crippen molar-refractivity contribution in [3.8, 4) is 10.9 Å². The smallest absolute Gasteiger partial charge is 0.279 e. The molecule has 0 amide bonds. The Morgan fingerprint density at radius 2 is 1.90 bits per heavy atom. The lowest BCUT2D eigenvalue weighted by Gasteiger charge is -2.20. The van der Waals surface area contributed by atoms with Gasteiger partial charge in [0.05, 0.1) is 14.9 Å². The maximum Gasteiger partial charge on any atom is 0.279 e. The fraction of sp³-hybridized carbons (Fsp3) is 0.308. The average molecular weight is 391 g/mol. The Labute approximate surface area is 136 Å². The molecule has 0 spiro atoms. The fourth-order valence-corrected chi connectivity index (χ4v) is 3.91. The number of nitrogens with zero attached hydrogens (tertiary/aromatic N) is 2. The highest BCUT2D eigenvalue weighted by atomic mass is 79.9. The lowest BCUT2D eigenvalue weighted by atomic mass is 10.3. The molecule has 1 aromatic carbocycles. The van der Waals surface area contributed by atoms with Crippen molar-refractivity contribution in [1.29, 1.82) is 0 Å². The first kappa shape index (κ1) is 16.4. The summed E-state index contributed by atoms with van der Waals surface area (Å²) in [6, 6.07) is 6.21. The molecule has 1 aromatic heterocycles. The Morgan fingerprint density at radius 1 is 1.29 bits per heavy atom. The van der Waals surface area contributed by atoms with Crippen LogP contribution in [0.4, 0.5) is 0 Å². The molecule has 0 aliphatic carbocycles. The maximum atomic E-state index is 12.3. The number of benzene rings is 1. The van der Waals surface area contributed by atoms with Crippen LogP contribution in [0.15, 0.2) is 39.1 Å². The zero-order valence-corrected chi connectivity index (χ0v) is 15.0. The number of ether oxygens (including phenoxy) is 1. The van der Waals surface area contributed by atoms with E-state index in [0.29, 0.717) is 10.9 Å². The Hall–Kier alpha value is -0.960. The van der Waals surface area contributed by atoms with E-state index in [1.54, 1.807) is 25.4 Å². The third-order valence-electron chi connectivity index (χ3n) is 2.89. The number of aromatic nitrogens is 1. The minimum atomic E-state index is -3.47. The van der Waals surface area contributed by atoms with Gasteiger partial charge in [0.1, 0.15) is 5.75 Å². The van der Waals surface area contributed by atoms with Gasteiger partial charge in [-0.3, -0.25) is 0 Å². The molecule has 0 aliphatic heterocycles. The summed E-state index contributed by atoms with van der Waals surface area (Å²) in [5, 5.41) is 0.497. The zero-order chi connectivity index (χ0) is 15.6. The molecule has 0 unspecified atom stereocenters. The van der Waals surface area contributed by atoms with E-state index in [4.69, 9.17) is 4.74 Å². The molecule has 0 saturated carbocycles. The van der Waals surface area contributed by atoms with Crippen molar-refractivity contribution in [2.24, 2.45) is 0 Å². The monoisotopic (exact) mass is 390 g/mol. The molecule has 0 aliphatic rings. The van der Waals surface area contributed by atoms with Gasteiger partial charge >= 0.3 is 0 Å². The summed E-state index contributed by atoms with van der Waals surface area (Å²) in [7, 11) is -1.90. The van der Waals surface area contributed by atoms with Crippen molar-refractivity contribution in [2.75, 3.05) is 7.05 Å². The zero-order valence-electron chi connectivity index (χ0n) is 11.8. The van der Waals surface area contributed by atoms with Gasteiger partial charge in [0, 0.05) is 13.1 Å². The number of hydrogen-bond donors (Lipinski definition) is 0. The van der Waals surface area contributed by atoms with Gasteiger partial charge in [0.2, 0.25) is 10.0 Å². The maximum absolute atomic E-state index is 12.3. The molecule has 114 valence electrons. The van der Waals surface area contributed by atoms with Crippen LogP contribution >= 0.6 is 27.3 Å². The van der Waals surface area contributed by atoms with E-state index in [0.717, 1.165) is 3.79 Å². The van der Waals surface area contributed by atoms with Gasteiger partial charge in [0.25, 0.3) is 5.19 Å². The van der Waals surface area contributed by atoms with E-state index in [1.165, 1.54) is 27.8 Å². The first-order valence-electron chi connectivity index (χ1n) is 6.18. The second-order valence-electron chi connectivity index (χ2n) is 4.62. The van der Waals surface area contributed by atoms with Crippen LogP contribution < -0.4 is 4.74 Å². The van der Waals surface area contributed by atoms with E-state index in [-0.39, 0.29) is 10.9 Å². The van der Waals surface area contributed by atoms with Gasteiger partial charge in [-0.1, -0.05) is 11.3 Å². The molecule has 8 heteroatoms. The van der Waals surface area contributed by atoms with Crippen molar-refractivity contribution >= 4 is 37.3 Å². The Bertz CT molecular complexity index is 711. The van der Waals surface area contributed by atoms with Crippen molar-refractivity contribution in [3.63, 3.8) is 0 Å². The number of sulfonamides is 1. The summed E-state index contributed by atoms with van der Waals surface area (Å²) < 4.78 is 32.4. The molecule has 0 bridgehead atoms. The van der Waals surface area contributed by atoms with Crippen molar-refractivity contribution < 1.29 is 13.2 Å². The van der Waals surface area contributed by atoms with Gasteiger partial charge < -0.3 is 4.74 Å². The fourth-order valence-electron chi connectivity index (χ4n) is 1.51. The third kappa shape index (κ3) is 3.82. The number of rotatable bonds is 5. The van der Waals surface area contributed by atoms with Crippen LogP contribution in [0.1, 0.15) is 13.8 Å². The summed E-state index contributed by atoms with van der Waals surface area (Å²) in [4.78, 5) is 4.30. The molecular weight excluding hydrogens is 376 g/mol. The first-order valence-corrected chi connectivity index (χ1v) is 9.23. The molecule has 0 radical (unpaired) electrons. The highest BCUT2D eigenvalue weighted by Crippen LogP contribution is 2.30. The summed E-state index contributed by atoms with van der Waals surface area (Å²) in [6.45, 7) is 3.66. The highest BCUT2D eigenvalue weighted by molar-refractivity contribution is 9.11. The molecular formula is C13H15BrN2O3S2. The highest BCUT2D eigenvalue weighted by Gasteiger charge is 2.22. The van der Waals surface area contributed by atoms with Crippen LogP contribution in [0.2, 0.25) is 0 Å². The third-order valence-corrected chi connectivity index (χ3v) is 6.29. The van der Waals surface area contributed by atoms with Crippen molar-refractivity contribution in [1.82, 2.24) is 9.29 Å². The van der Waals surface area contributed by atoms with E-state index < -0.39 is 10.0 Å². The molecule has 1 heterocycles. The molecule has 0 atom stereocenters. The molecule has 2 rings (SSSR count). The van der Waals surface area contributed by atoms with Crippen LogP contribution in [0.5, 0.6) is 10.9 Å². The second kappa shape index (κ2) is 6.43. The van der Waals surface area contributed by atoms with Crippen molar-refractivity contribution in [3.05, 3.63) is 34.2 Å². The summed E-state index contributed by atoms with van der Waals surface area (Å²) in [5.41, 5.74) is 0. The number of hydrogen-bond acceptors (Lipinski definition) is 5. The molecule has 0 saturated heterocycles. The molecule has 0 N–H and O–H groups in total. The van der Waals surface area contributed by atoms with Gasteiger partial charge in [-0.2, -0.15) is 4.31 Å². The van der Waals surface area contributed by atoms with Gasteiger partial charge in [-0.15, -0.1) is 0 Å². The number of halogens is 1. The molecule has 0 fully saturated rings. The van der Waals surface area contributed by atoms with Crippen molar-refractivity contribution in [2.45, 2.75) is 24.8 Å². The molecule has 21 heavy (non-hydrogen) atoms. The normalized spacial score (nSPS) is 12.1. The molecule has 5 nitrogen and oxygen atoms in total. The first-order chi connectivity index (χ1) is 9.80. The Kier molecular flexibility index (Phi) is 5.03. The molecule has 2 aromatic rings. The summed E-state index contributed by atoms with van der Waals surface area (Å²) >= 11 is 4.66. The Morgan fingerprint density at radius 3 is 2.38 bits per heavy atom. The standard InChI is InChI=1S/C13H15BrN2O3S2/c1-9(2)16(3)21(17,18)11-6-4-10(5-7-11)19-13-15-8-12(14)20-13/h4-9H,1-3H3. The lowest BCUT2D eigenvalue weighted by Crippen LogP contribution is -2.32. The van der Waals surface area contributed by atoms with E-state index >= 15 is 0 Å². The minimum absolute atomic E-state index is 0.0985. The summed E-state index contributed by atoms with van der Waals surface area (Å²) in [5.74, 6) is 0.544. The van der Waals surface area contributed by atoms with Crippen LogP contribution in [0.25, 0.3) is 0 Å².